The molecular formula is C41H55NO7S2. The lowest BCUT2D eigenvalue weighted by molar-refractivity contribution is -0.223. The molecule has 1 unspecified atom stereocenters. The number of aliphatic hydroxyl groups excluding tert-OH is 2. The Labute approximate surface area is 312 Å². The fraction of sp³-hybridized carbons (Fsp3) is 0.585. The first kappa shape index (κ1) is 38.3. The van der Waals surface area contributed by atoms with E-state index in [2.05, 4.69) is 50.1 Å². The van der Waals surface area contributed by atoms with Crippen molar-refractivity contribution in [1.29, 1.82) is 0 Å². The van der Waals surface area contributed by atoms with Crippen molar-refractivity contribution in [1.82, 2.24) is 0 Å². The number of hydrogen-bond donors (Lipinski definition) is 2. The summed E-state index contributed by atoms with van der Waals surface area (Å²) in [5.74, 6) is 2.62. The molecule has 51 heavy (non-hydrogen) atoms. The Morgan fingerprint density at radius 2 is 1.80 bits per heavy atom. The lowest BCUT2D eigenvalue weighted by Gasteiger charge is -2.58. The van der Waals surface area contributed by atoms with Crippen molar-refractivity contribution < 1.29 is 34.0 Å². The van der Waals surface area contributed by atoms with E-state index in [0.717, 1.165) is 97.6 Å². The third-order valence-corrected chi connectivity index (χ3v) is 12.7. The van der Waals surface area contributed by atoms with Gasteiger partial charge in [-0.05, 0) is 110 Å². The number of thioether (sulfide) groups is 2. The largest absolute Gasteiger partial charge is 0.460 e. The molecule has 10 heteroatoms. The van der Waals surface area contributed by atoms with Gasteiger partial charge >= 0.3 is 0 Å². The Morgan fingerprint density at radius 3 is 2.51 bits per heavy atom. The van der Waals surface area contributed by atoms with Crippen LogP contribution < -0.4 is 9.47 Å². The number of aliphatic hydroxyl groups is 2. The average Bonchev–Trinajstić information content (AvgIpc) is 3.16. The smallest absolute Gasteiger partial charge is 0.230 e. The molecule has 2 heterocycles. The van der Waals surface area contributed by atoms with Gasteiger partial charge in [0.2, 0.25) is 12.1 Å². The summed E-state index contributed by atoms with van der Waals surface area (Å²) in [6.07, 6.45) is 14.8. The summed E-state index contributed by atoms with van der Waals surface area (Å²) in [4.78, 5) is 7.37. The Kier molecular flexibility index (Phi) is 13.9. The zero-order valence-corrected chi connectivity index (χ0v) is 31.8. The Morgan fingerprint density at radius 1 is 1.02 bits per heavy atom. The normalized spacial score (nSPS) is 29.0. The third-order valence-electron chi connectivity index (χ3n) is 10.7. The molecule has 0 amide bonds. The molecule has 2 aromatic carbocycles. The van der Waals surface area contributed by atoms with Gasteiger partial charge in [-0.25, -0.2) is 0 Å². The first-order valence-corrected chi connectivity index (χ1v) is 21.1. The standard InChI is InChI=1S/C41H55NO7S2/c1-4-23-46-41-37(51-5-2)27-35(42-49-38-14-8-11-24-45-38)33-25-28(12-6-9-21-43)32(13-7-10-22-44)39(40(33)41)34-26-30(17-20-36(34)48-41)47-29-15-18-31(50-3)19-16-29/h4,15-20,25-26,28,32,37-40,43-44H,1,5-14,21-24,27H2,2-3H3/t28-,32+,37-,38?,39+,40+,41+/m0/s1. The molecule has 8 nitrogen and oxygen atoms in total. The zero-order valence-electron chi connectivity index (χ0n) is 30.2. The number of unbranched alkanes of at least 4 members (excludes halogenated alkanes) is 2. The zero-order chi connectivity index (χ0) is 35.6. The molecule has 2 aromatic rings. The molecule has 0 aromatic heterocycles. The van der Waals surface area contributed by atoms with Crippen molar-refractivity contribution >= 4 is 29.2 Å². The molecule has 7 atom stereocenters. The molecule has 0 spiro atoms. The highest BCUT2D eigenvalue weighted by Crippen LogP contribution is 2.62. The van der Waals surface area contributed by atoms with Gasteiger partial charge in [-0.3, -0.25) is 0 Å². The summed E-state index contributed by atoms with van der Waals surface area (Å²) in [6.45, 7) is 7.59. The van der Waals surface area contributed by atoms with E-state index >= 15 is 0 Å². The summed E-state index contributed by atoms with van der Waals surface area (Å²) >= 11 is 3.55. The van der Waals surface area contributed by atoms with Crippen LogP contribution in [0.2, 0.25) is 0 Å². The van der Waals surface area contributed by atoms with Gasteiger partial charge in [-0.15, -0.1) is 18.3 Å². The molecular weight excluding hydrogens is 683 g/mol. The topological polar surface area (TPSA) is 99.0 Å². The van der Waals surface area contributed by atoms with Crippen LogP contribution in [0.5, 0.6) is 17.2 Å². The molecule has 2 fully saturated rings. The highest BCUT2D eigenvalue weighted by molar-refractivity contribution is 8.00. The minimum absolute atomic E-state index is 0.0233. The maximum Gasteiger partial charge on any atom is 0.230 e. The summed E-state index contributed by atoms with van der Waals surface area (Å²) in [5.41, 5.74) is 3.18. The van der Waals surface area contributed by atoms with E-state index in [4.69, 9.17) is 28.9 Å². The fourth-order valence-corrected chi connectivity index (χ4v) is 10.0. The van der Waals surface area contributed by atoms with E-state index < -0.39 is 5.79 Å². The van der Waals surface area contributed by atoms with Crippen molar-refractivity contribution in [2.24, 2.45) is 22.9 Å². The maximum absolute atomic E-state index is 9.85. The van der Waals surface area contributed by atoms with Gasteiger partial charge in [0.15, 0.2) is 0 Å². The molecule has 0 radical (unpaired) electrons. The molecule has 4 aliphatic rings. The molecule has 278 valence electrons. The van der Waals surface area contributed by atoms with Crippen LogP contribution in [-0.2, 0) is 14.3 Å². The Hall–Kier alpha value is -2.47. The molecule has 2 aliphatic carbocycles. The van der Waals surface area contributed by atoms with Crippen LogP contribution in [0.1, 0.15) is 82.6 Å². The molecule has 1 saturated heterocycles. The van der Waals surface area contributed by atoms with E-state index in [9.17, 15) is 10.2 Å². The number of ether oxygens (including phenoxy) is 4. The number of rotatable bonds is 18. The van der Waals surface area contributed by atoms with Gasteiger partial charge in [0.1, 0.15) is 17.2 Å². The lowest BCUT2D eigenvalue weighted by atomic mass is 9.56. The average molecular weight is 738 g/mol. The summed E-state index contributed by atoms with van der Waals surface area (Å²) in [7, 11) is 0. The summed E-state index contributed by atoms with van der Waals surface area (Å²) < 4.78 is 26.6. The van der Waals surface area contributed by atoms with Crippen molar-refractivity contribution in [3.63, 3.8) is 0 Å². The number of nitrogens with zero attached hydrogens (tertiary/aromatic N) is 1. The van der Waals surface area contributed by atoms with E-state index in [0.29, 0.717) is 19.6 Å². The second-order valence-corrected chi connectivity index (χ2v) is 16.2. The fourth-order valence-electron chi connectivity index (χ4n) is 8.44. The van der Waals surface area contributed by atoms with E-state index in [1.54, 1.807) is 11.8 Å². The van der Waals surface area contributed by atoms with Crippen LogP contribution in [0.25, 0.3) is 0 Å². The molecule has 2 aliphatic heterocycles. The van der Waals surface area contributed by atoms with Crippen LogP contribution in [0.15, 0.2) is 76.8 Å². The quantitative estimate of drug-likeness (QED) is 0.0672. The monoisotopic (exact) mass is 737 g/mol. The van der Waals surface area contributed by atoms with Crippen LogP contribution in [-0.4, -0.2) is 71.7 Å². The molecule has 0 bridgehead atoms. The minimum Gasteiger partial charge on any atom is -0.460 e. The van der Waals surface area contributed by atoms with Crippen molar-refractivity contribution in [2.45, 2.75) is 99.3 Å². The number of hydrogen-bond acceptors (Lipinski definition) is 10. The van der Waals surface area contributed by atoms with E-state index in [1.807, 2.05) is 36.0 Å². The highest BCUT2D eigenvalue weighted by atomic mass is 32.2. The number of fused-ring (bicyclic) bond motifs is 2. The summed E-state index contributed by atoms with van der Waals surface area (Å²) in [5, 5.41) is 24.5. The first-order valence-electron chi connectivity index (χ1n) is 18.8. The Balaban J connectivity index is 1.50. The van der Waals surface area contributed by atoms with Crippen molar-refractivity contribution in [3.8, 4) is 17.2 Å². The van der Waals surface area contributed by atoms with Gasteiger partial charge in [0.05, 0.1) is 30.1 Å². The predicted octanol–water partition coefficient (Wildman–Crippen LogP) is 9.11. The van der Waals surface area contributed by atoms with E-state index in [-0.39, 0.29) is 48.4 Å². The SMILES string of the molecule is C=CCO[C@@]12Oc3ccc(Oc4ccc(SC)cc4)cc3[C@H]3[C@H](CCCCO)[C@@H](CCCCO)C=C(C(=NOC4CCCCO4)C[C@@H]1SCC)[C@H]32. The molecule has 6 rings (SSSR count). The van der Waals surface area contributed by atoms with E-state index in [1.165, 1.54) is 4.90 Å². The Bertz CT molecular complexity index is 1490. The van der Waals surface area contributed by atoms with Gasteiger partial charge < -0.3 is 34.0 Å². The van der Waals surface area contributed by atoms with Crippen LogP contribution in [0.3, 0.4) is 0 Å². The number of oxime groups is 1. The number of allylic oxidation sites excluding steroid dienone is 1. The predicted molar refractivity (Wildman–Crippen MR) is 206 cm³/mol. The lowest BCUT2D eigenvalue weighted by Crippen LogP contribution is -2.64. The van der Waals surface area contributed by atoms with Crippen LogP contribution in [0.4, 0.5) is 0 Å². The maximum atomic E-state index is 9.85. The van der Waals surface area contributed by atoms with Gasteiger partial charge in [-0.2, -0.15) is 11.8 Å². The van der Waals surface area contributed by atoms with Crippen LogP contribution >= 0.6 is 23.5 Å². The van der Waals surface area contributed by atoms with Crippen molar-refractivity contribution in [3.05, 3.63) is 72.3 Å². The number of benzene rings is 2. The van der Waals surface area contributed by atoms with Gasteiger partial charge in [-0.1, -0.05) is 37.1 Å². The first-order chi connectivity index (χ1) is 25.0. The molecule has 1 saturated carbocycles. The third kappa shape index (κ3) is 8.68. The molecule has 2 N–H and O–H groups in total. The minimum atomic E-state index is -0.958. The van der Waals surface area contributed by atoms with Gasteiger partial charge in [0, 0.05) is 42.4 Å². The summed E-state index contributed by atoms with van der Waals surface area (Å²) in [6, 6.07) is 14.4. The second kappa shape index (κ2) is 18.5. The van der Waals surface area contributed by atoms with Gasteiger partial charge in [0.25, 0.3) is 0 Å². The van der Waals surface area contributed by atoms with Crippen LogP contribution in [0, 0.1) is 17.8 Å². The highest BCUT2D eigenvalue weighted by Gasteiger charge is 2.63. The second-order valence-electron chi connectivity index (χ2n) is 13.9. The van der Waals surface area contributed by atoms with Crippen molar-refractivity contribution in [2.75, 3.05) is 38.4 Å².